The minimum Gasteiger partial charge on any atom is -0.456 e. The number of hydrogen-bond acceptors (Lipinski definition) is 4. The first-order valence-corrected chi connectivity index (χ1v) is 8.01. The highest BCUT2D eigenvalue weighted by Crippen LogP contribution is 2.32. The van der Waals surface area contributed by atoms with Gasteiger partial charge in [-0.1, -0.05) is 11.6 Å². The van der Waals surface area contributed by atoms with Crippen LogP contribution >= 0.6 is 22.3 Å². The van der Waals surface area contributed by atoms with E-state index in [4.69, 9.17) is 32.3 Å². The molecule has 0 bridgehead atoms. The van der Waals surface area contributed by atoms with Gasteiger partial charge < -0.3 is 4.74 Å². The van der Waals surface area contributed by atoms with Crippen LogP contribution in [0.15, 0.2) is 47.4 Å². The smallest absolute Gasteiger partial charge is 0.261 e. The van der Waals surface area contributed by atoms with E-state index in [2.05, 4.69) is 0 Å². The quantitative estimate of drug-likeness (QED) is 0.801. The first-order valence-electron chi connectivity index (χ1n) is 5.32. The normalized spacial score (nSPS) is 10.8. The van der Waals surface area contributed by atoms with Gasteiger partial charge in [0, 0.05) is 10.7 Å². The van der Waals surface area contributed by atoms with Crippen molar-refractivity contribution in [1.82, 2.24) is 0 Å². The first-order chi connectivity index (χ1) is 9.40. The predicted molar refractivity (Wildman–Crippen MR) is 75.7 cm³/mol. The number of ether oxygens (including phenoxy) is 1. The van der Waals surface area contributed by atoms with Gasteiger partial charge in [-0.3, -0.25) is 0 Å². The highest BCUT2D eigenvalue weighted by atomic mass is 35.7. The monoisotopic (exact) mass is 327 g/mol. The van der Waals surface area contributed by atoms with E-state index in [1.165, 1.54) is 18.2 Å². The molecule has 0 atom stereocenters. The summed E-state index contributed by atoms with van der Waals surface area (Å²) in [6, 6.07) is 12.3. The maximum Gasteiger partial charge on any atom is 0.261 e. The van der Waals surface area contributed by atoms with Crippen LogP contribution in [-0.2, 0) is 9.05 Å². The van der Waals surface area contributed by atoms with E-state index in [-0.39, 0.29) is 9.92 Å². The molecule has 0 amide bonds. The summed E-state index contributed by atoms with van der Waals surface area (Å²) in [5.74, 6) is 0.771. The van der Waals surface area contributed by atoms with Crippen molar-refractivity contribution in [2.24, 2.45) is 0 Å². The van der Waals surface area contributed by atoms with Crippen LogP contribution in [0.5, 0.6) is 11.5 Å². The second kappa shape index (κ2) is 5.71. The average Bonchev–Trinajstić information content (AvgIpc) is 2.41. The minimum atomic E-state index is -3.83. The molecule has 2 aromatic carbocycles. The zero-order chi connectivity index (χ0) is 14.8. The summed E-state index contributed by atoms with van der Waals surface area (Å²) in [4.78, 5) is -0.101. The number of benzene rings is 2. The molecule has 0 heterocycles. The number of nitrogens with zero attached hydrogens (tertiary/aromatic N) is 1. The van der Waals surface area contributed by atoms with E-state index in [1.807, 2.05) is 6.07 Å². The summed E-state index contributed by atoms with van der Waals surface area (Å²) in [5, 5.41) is 8.81. The van der Waals surface area contributed by atoms with E-state index in [0.29, 0.717) is 17.1 Å². The molecule has 7 heteroatoms. The van der Waals surface area contributed by atoms with Crippen LogP contribution in [0.3, 0.4) is 0 Å². The van der Waals surface area contributed by atoms with Gasteiger partial charge in [-0.15, -0.1) is 0 Å². The molecular formula is C13H7Cl2NO3S. The van der Waals surface area contributed by atoms with E-state index < -0.39 is 9.05 Å². The molecule has 102 valence electrons. The van der Waals surface area contributed by atoms with Crippen LogP contribution in [0.4, 0.5) is 0 Å². The van der Waals surface area contributed by atoms with E-state index in [0.717, 1.165) is 0 Å². The molecule has 0 spiro atoms. The molecule has 0 aromatic heterocycles. The zero-order valence-electron chi connectivity index (χ0n) is 9.88. The third-order valence-electron chi connectivity index (χ3n) is 2.40. The second-order valence-corrected chi connectivity index (χ2v) is 6.74. The molecule has 0 aliphatic rings. The van der Waals surface area contributed by atoms with Crippen molar-refractivity contribution in [2.45, 2.75) is 4.90 Å². The molecule has 0 saturated heterocycles. The van der Waals surface area contributed by atoms with Crippen LogP contribution < -0.4 is 4.74 Å². The molecule has 2 aromatic rings. The standard InChI is InChI=1S/C13H7Cl2NO3S/c14-12-7-11(20(15,17)18)5-6-13(12)19-10-3-1-9(8-16)2-4-10/h1-7H. The summed E-state index contributed by atoms with van der Waals surface area (Å²) >= 11 is 5.94. The van der Waals surface area contributed by atoms with Crippen LogP contribution in [0, 0.1) is 11.3 Å². The largest absolute Gasteiger partial charge is 0.456 e. The van der Waals surface area contributed by atoms with Crippen molar-refractivity contribution in [2.75, 3.05) is 0 Å². The molecule has 20 heavy (non-hydrogen) atoms. The van der Waals surface area contributed by atoms with Crippen molar-refractivity contribution < 1.29 is 13.2 Å². The highest BCUT2D eigenvalue weighted by Gasteiger charge is 2.13. The second-order valence-electron chi connectivity index (χ2n) is 3.77. The fourth-order valence-corrected chi connectivity index (χ4v) is 2.50. The summed E-state index contributed by atoms with van der Waals surface area (Å²) in [5.41, 5.74) is 0.507. The predicted octanol–water partition coefficient (Wildman–Crippen LogP) is 3.93. The molecule has 2 rings (SSSR count). The van der Waals surface area contributed by atoms with Gasteiger partial charge in [0.25, 0.3) is 9.05 Å². The molecule has 0 saturated carbocycles. The molecule has 0 unspecified atom stereocenters. The van der Waals surface area contributed by atoms with Crippen LogP contribution in [0.1, 0.15) is 5.56 Å². The average molecular weight is 328 g/mol. The van der Waals surface area contributed by atoms with E-state index in [1.54, 1.807) is 24.3 Å². The fraction of sp³-hybridized carbons (Fsp3) is 0. The van der Waals surface area contributed by atoms with Crippen molar-refractivity contribution in [3.63, 3.8) is 0 Å². The van der Waals surface area contributed by atoms with Crippen LogP contribution in [-0.4, -0.2) is 8.42 Å². The van der Waals surface area contributed by atoms with Crippen LogP contribution in [0.25, 0.3) is 0 Å². The molecule has 0 radical (unpaired) electrons. The number of nitriles is 1. The Bertz CT molecular complexity index is 780. The minimum absolute atomic E-state index is 0.101. The Labute approximate surface area is 125 Å². The van der Waals surface area contributed by atoms with Gasteiger partial charge in [-0.25, -0.2) is 8.42 Å². The molecular weight excluding hydrogens is 321 g/mol. The molecule has 4 nitrogen and oxygen atoms in total. The molecule has 0 aliphatic heterocycles. The lowest BCUT2D eigenvalue weighted by Crippen LogP contribution is -1.92. The van der Waals surface area contributed by atoms with Gasteiger partial charge in [0.1, 0.15) is 11.5 Å². The SMILES string of the molecule is N#Cc1ccc(Oc2ccc(S(=O)(=O)Cl)cc2Cl)cc1. The van der Waals surface area contributed by atoms with Gasteiger partial charge in [0.05, 0.1) is 21.6 Å². The van der Waals surface area contributed by atoms with Crippen molar-refractivity contribution in [1.29, 1.82) is 5.26 Å². The van der Waals surface area contributed by atoms with Crippen molar-refractivity contribution in [3.8, 4) is 17.6 Å². The number of halogens is 2. The van der Waals surface area contributed by atoms with Gasteiger partial charge in [0.15, 0.2) is 0 Å². The highest BCUT2D eigenvalue weighted by molar-refractivity contribution is 8.13. The van der Waals surface area contributed by atoms with Gasteiger partial charge in [-0.2, -0.15) is 5.26 Å². The lowest BCUT2D eigenvalue weighted by Gasteiger charge is -2.08. The lowest BCUT2D eigenvalue weighted by molar-refractivity contribution is 0.482. The van der Waals surface area contributed by atoms with Gasteiger partial charge >= 0.3 is 0 Å². The molecule has 0 N–H and O–H groups in total. The topological polar surface area (TPSA) is 67.2 Å². The third kappa shape index (κ3) is 3.42. The third-order valence-corrected chi connectivity index (χ3v) is 4.04. The number of hydrogen-bond donors (Lipinski definition) is 0. The van der Waals surface area contributed by atoms with Gasteiger partial charge in [0.2, 0.25) is 0 Å². The first kappa shape index (κ1) is 14.7. The van der Waals surface area contributed by atoms with Gasteiger partial charge in [-0.05, 0) is 42.5 Å². The van der Waals surface area contributed by atoms with Crippen molar-refractivity contribution in [3.05, 3.63) is 53.1 Å². The van der Waals surface area contributed by atoms with Crippen molar-refractivity contribution >= 4 is 31.3 Å². The summed E-state index contributed by atoms with van der Waals surface area (Å²) in [6.07, 6.45) is 0. The Morgan fingerprint density at radius 2 is 1.75 bits per heavy atom. The summed E-state index contributed by atoms with van der Waals surface area (Å²) in [7, 11) is 1.39. The van der Waals surface area contributed by atoms with E-state index >= 15 is 0 Å². The summed E-state index contributed by atoms with van der Waals surface area (Å²) in [6.45, 7) is 0. The molecule has 0 aliphatic carbocycles. The maximum atomic E-state index is 11.2. The van der Waals surface area contributed by atoms with Crippen LogP contribution in [0.2, 0.25) is 5.02 Å². The Morgan fingerprint density at radius 3 is 2.25 bits per heavy atom. The maximum absolute atomic E-state index is 11.2. The van der Waals surface area contributed by atoms with E-state index in [9.17, 15) is 8.42 Å². The Kier molecular flexibility index (Phi) is 4.19. The zero-order valence-corrected chi connectivity index (χ0v) is 12.2. The Morgan fingerprint density at radius 1 is 1.10 bits per heavy atom. The Hall–Kier alpha value is -1.74. The fourth-order valence-electron chi connectivity index (χ4n) is 1.44. The molecule has 0 fully saturated rings. The summed E-state index contributed by atoms with van der Waals surface area (Å²) < 4.78 is 27.8. The number of rotatable bonds is 3. The Balaban J connectivity index is 2.28. The lowest BCUT2D eigenvalue weighted by atomic mass is 10.2.